The predicted octanol–water partition coefficient (Wildman–Crippen LogP) is 3.76. The number of hydrogen-bond donors (Lipinski definition) is 6. The molecule has 0 aliphatic carbocycles. The van der Waals surface area contributed by atoms with Gasteiger partial charge in [0.2, 0.25) is 0 Å². The number of anilines is 1. The van der Waals surface area contributed by atoms with E-state index in [0.29, 0.717) is 5.69 Å². The molecule has 4 aromatic rings. The van der Waals surface area contributed by atoms with Crippen LogP contribution in [-0.4, -0.2) is 64.9 Å². The van der Waals surface area contributed by atoms with E-state index in [1.807, 2.05) is 0 Å². The van der Waals surface area contributed by atoms with Crippen LogP contribution in [0.15, 0.2) is 66.0 Å². The lowest BCUT2D eigenvalue weighted by molar-refractivity contribution is 0.0525. The molecule has 0 amide bonds. The van der Waals surface area contributed by atoms with Crippen molar-refractivity contribution < 1.29 is 39.5 Å². The van der Waals surface area contributed by atoms with Gasteiger partial charge in [0.15, 0.2) is 0 Å². The summed E-state index contributed by atoms with van der Waals surface area (Å²) < 4.78 is 6.37. The Morgan fingerprint density at radius 3 is 2.29 bits per heavy atom. The van der Waals surface area contributed by atoms with Gasteiger partial charge in [0.1, 0.15) is 34.0 Å². The average molecular weight is 559 g/mol. The van der Waals surface area contributed by atoms with Crippen molar-refractivity contribution in [2.75, 3.05) is 11.9 Å². The van der Waals surface area contributed by atoms with Crippen LogP contribution in [0.4, 0.5) is 5.69 Å². The number of carboxylic acid groups (broad SMARTS) is 2. The van der Waals surface area contributed by atoms with Crippen LogP contribution in [0.25, 0.3) is 22.8 Å². The second kappa shape index (κ2) is 11.7. The molecular weight excluding hydrogens is 538 g/mol. The molecule has 15 nitrogen and oxygen atoms in total. The van der Waals surface area contributed by atoms with Crippen LogP contribution in [-0.2, 0) is 4.74 Å². The van der Waals surface area contributed by atoms with E-state index in [1.54, 1.807) is 6.92 Å². The van der Waals surface area contributed by atoms with E-state index in [9.17, 15) is 24.6 Å². The van der Waals surface area contributed by atoms with Crippen LogP contribution >= 0.6 is 0 Å². The number of aromatic nitrogens is 4. The highest BCUT2D eigenvalue weighted by atomic mass is 16.5. The van der Waals surface area contributed by atoms with Gasteiger partial charge in [0.25, 0.3) is 0 Å². The summed E-state index contributed by atoms with van der Waals surface area (Å²) in [6, 6.07) is 10.3. The van der Waals surface area contributed by atoms with Crippen molar-refractivity contribution in [3.05, 3.63) is 83.3 Å². The minimum atomic E-state index is -1.30. The van der Waals surface area contributed by atoms with Crippen LogP contribution < -0.4 is 5.32 Å². The number of carboxylic acids is 2. The van der Waals surface area contributed by atoms with Gasteiger partial charge in [0.05, 0.1) is 35.4 Å². The maximum Gasteiger partial charge on any atom is 0.339 e. The second-order valence-electron chi connectivity index (χ2n) is 8.22. The van der Waals surface area contributed by atoms with Crippen molar-refractivity contribution in [3.8, 4) is 28.6 Å². The number of rotatable bonds is 10. The Balaban J connectivity index is 1.72. The van der Waals surface area contributed by atoms with E-state index in [0.717, 1.165) is 0 Å². The maximum absolute atomic E-state index is 12.6. The third-order valence-corrected chi connectivity index (χ3v) is 5.56. The number of ether oxygens (including phenoxy) is 1. The lowest BCUT2D eigenvalue weighted by atomic mass is 10.1. The van der Waals surface area contributed by atoms with Gasteiger partial charge in [-0.1, -0.05) is 5.21 Å². The molecule has 6 N–H and O–H groups in total. The molecule has 0 saturated carbocycles. The van der Waals surface area contributed by atoms with Gasteiger partial charge < -0.3 is 30.5 Å². The number of carbonyl (C=O) groups excluding carboxylic acids is 1. The largest absolute Gasteiger partial charge is 0.507 e. The Morgan fingerprint density at radius 2 is 1.68 bits per heavy atom. The smallest absolute Gasteiger partial charge is 0.339 e. The first kappa shape index (κ1) is 27.9. The van der Waals surface area contributed by atoms with Gasteiger partial charge in [-0.3, -0.25) is 0 Å². The Morgan fingerprint density at radius 1 is 1.00 bits per heavy atom. The zero-order chi connectivity index (χ0) is 29.7. The van der Waals surface area contributed by atoms with Crippen molar-refractivity contribution in [2.24, 2.45) is 5.11 Å². The van der Waals surface area contributed by atoms with Gasteiger partial charge in [-0.15, -0.1) is 5.10 Å². The fraction of sp³-hybridized carbons (Fsp3) is 0.0769. The molecule has 0 bridgehead atoms. The molecule has 2 aromatic heterocycles. The number of carbonyl (C=O) groups is 3. The van der Waals surface area contributed by atoms with Crippen LogP contribution in [0.3, 0.4) is 0 Å². The molecule has 2 aromatic carbocycles. The van der Waals surface area contributed by atoms with E-state index in [4.69, 9.17) is 20.5 Å². The number of nitrogens with zero attached hydrogens (tertiary/aromatic N) is 5. The predicted molar refractivity (Wildman–Crippen MR) is 141 cm³/mol. The van der Waals surface area contributed by atoms with Crippen molar-refractivity contribution in [2.45, 2.75) is 6.92 Å². The number of aromatic hydroxyl groups is 2. The van der Waals surface area contributed by atoms with Gasteiger partial charge in [-0.2, -0.15) is 5.11 Å². The molecule has 0 aliphatic heterocycles. The van der Waals surface area contributed by atoms with Crippen LogP contribution in [0.2, 0.25) is 0 Å². The maximum atomic E-state index is 12.6. The summed E-state index contributed by atoms with van der Waals surface area (Å²) in [5, 5.41) is 52.5. The molecule has 0 unspecified atom stereocenters. The van der Waals surface area contributed by atoms with E-state index in [-0.39, 0.29) is 51.8 Å². The molecule has 15 heteroatoms. The van der Waals surface area contributed by atoms with Crippen LogP contribution in [0.1, 0.15) is 43.7 Å². The second-order valence-corrected chi connectivity index (χ2v) is 8.22. The molecular formula is C26H21N7O8. The Hall–Kier alpha value is -6.12. The number of nitrogens with one attached hydrogen (secondary N) is 2. The first-order chi connectivity index (χ1) is 19.6. The molecule has 208 valence electrons. The molecule has 0 spiro atoms. The summed E-state index contributed by atoms with van der Waals surface area (Å²) in [6.07, 6.45) is 2.70. The summed E-state index contributed by atoms with van der Waals surface area (Å²) in [5.41, 5.74) is 8.10. The topological polar surface area (TPSA) is 233 Å². The SMILES string of the molecule is CCOC(=O)c1cc(/C(=C/Nc2ccc(C(=O)O)c(O)c2)N=N)nc(-c2cn(-c3ccc(C(=O)O)c(O)c3)nn2)c1. The summed E-state index contributed by atoms with van der Waals surface area (Å²) in [6.45, 7) is 1.73. The summed E-state index contributed by atoms with van der Waals surface area (Å²) in [4.78, 5) is 39.3. The highest BCUT2D eigenvalue weighted by molar-refractivity contribution is 5.93. The Bertz CT molecular complexity index is 1710. The number of aromatic carboxylic acids is 2. The quantitative estimate of drug-likeness (QED) is 0.120. The molecule has 0 atom stereocenters. The van der Waals surface area contributed by atoms with Gasteiger partial charge >= 0.3 is 17.9 Å². The highest BCUT2D eigenvalue weighted by Crippen LogP contribution is 2.26. The molecule has 0 saturated heterocycles. The average Bonchev–Trinajstić information content (AvgIpc) is 3.43. The van der Waals surface area contributed by atoms with Crippen LogP contribution in [0, 0.1) is 5.53 Å². The number of pyridine rings is 1. The molecule has 0 fully saturated rings. The van der Waals surface area contributed by atoms with Crippen molar-refractivity contribution in [3.63, 3.8) is 0 Å². The lowest BCUT2D eigenvalue weighted by Crippen LogP contribution is -2.07. The van der Waals surface area contributed by atoms with Gasteiger partial charge in [-0.05, 0) is 43.3 Å². The lowest BCUT2D eigenvalue weighted by Gasteiger charge is -2.09. The van der Waals surface area contributed by atoms with Crippen LogP contribution in [0.5, 0.6) is 11.5 Å². The number of esters is 1. The third kappa shape index (κ3) is 6.14. The van der Waals surface area contributed by atoms with Crippen molar-refractivity contribution >= 4 is 29.3 Å². The number of benzene rings is 2. The zero-order valence-corrected chi connectivity index (χ0v) is 21.1. The minimum absolute atomic E-state index is 0.0410. The molecule has 0 radical (unpaired) electrons. The van der Waals surface area contributed by atoms with Crippen molar-refractivity contribution in [1.82, 2.24) is 20.0 Å². The minimum Gasteiger partial charge on any atom is -0.507 e. The normalized spacial score (nSPS) is 11.1. The zero-order valence-electron chi connectivity index (χ0n) is 21.1. The molecule has 0 aliphatic rings. The number of phenols is 2. The summed E-state index contributed by atoms with van der Waals surface area (Å²) >= 11 is 0. The fourth-order valence-electron chi connectivity index (χ4n) is 3.59. The molecule has 41 heavy (non-hydrogen) atoms. The highest BCUT2D eigenvalue weighted by Gasteiger charge is 2.18. The number of hydrogen-bond acceptors (Lipinski definition) is 12. The first-order valence-corrected chi connectivity index (χ1v) is 11.7. The fourth-order valence-corrected chi connectivity index (χ4v) is 3.59. The van der Waals surface area contributed by atoms with E-state index >= 15 is 0 Å². The van der Waals surface area contributed by atoms with Gasteiger partial charge in [0, 0.05) is 24.0 Å². The van der Waals surface area contributed by atoms with E-state index in [1.165, 1.54) is 65.6 Å². The molecule has 2 heterocycles. The Kier molecular flexibility index (Phi) is 7.98. The monoisotopic (exact) mass is 559 g/mol. The van der Waals surface area contributed by atoms with Gasteiger partial charge in [-0.25, -0.2) is 29.6 Å². The van der Waals surface area contributed by atoms with Crippen molar-refractivity contribution in [1.29, 1.82) is 5.53 Å². The molecule has 4 rings (SSSR count). The third-order valence-electron chi connectivity index (χ3n) is 5.56. The van der Waals surface area contributed by atoms with E-state index < -0.39 is 29.4 Å². The summed E-state index contributed by atoms with van der Waals surface area (Å²) in [5.74, 6) is -4.22. The Labute approximate surface area is 230 Å². The first-order valence-electron chi connectivity index (χ1n) is 11.7. The standard InChI is InChI=1S/C26H21N7O8/c1-2-41-26(40)13-7-18(20(30-27)11-28-14-3-5-16(24(36)37)22(34)9-14)29-19(8-13)21-12-33(32-31-21)15-4-6-17(25(38)39)23(35)10-15/h3-12,27-28,34-35H,2H2,1H3,(H,36,37)(H,38,39)/b20-11-,30-27?. The van der Waals surface area contributed by atoms with E-state index in [2.05, 4.69) is 25.7 Å². The summed E-state index contributed by atoms with van der Waals surface area (Å²) in [7, 11) is 0.